The Hall–Kier alpha value is -1.92. The van der Waals surface area contributed by atoms with E-state index in [9.17, 15) is 9.59 Å². The zero-order valence-electron chi connectivity index (χ0n) is 15.5. The van der Waals surface area contributed by atoms with Gasteiger partial charge in [0.25, 0.3) is 0 Å². The lowest BCUT2D eigenvalue weighted by atomic mass is 10.2. The summed E-state index contributed by atoms with van der Waals surface area (Å²) in [6.45, 7) is 10.8. The molecule has 0 bridgehead atoms. The minimum atomic E-state index is -0.108. The predicted octanol–water partition coefficient (Wildman–Crippen LogP) is 1.93. The van der Waals surface area contributed by atoms with Crippen molar-refractivity contribution >= 4 is 11.8 Å². The zero-order chi connectivity index (χ0) is 18.8. The second-order valence-corrected chi connectivity index (χ2v) is 6.64. The first-order valence-corrected chi connectivity index (χ1v) is 9.35. The Bertz CT molecular complexity index is 474. The first-order chi connectivity index (χ1) is 12.6. The lowest BCUT2D eigenvalue weighted by Gasteiger charge is -2.24. The minimum Gasteiger partial charge on any atom is -0.376 e. The van der Waals surface area contributed by atoms with Gasteiger partial charge in [0.2, 0.25) is 11.8 Å². The van der Waals surface area contributed by atoms with E-state index in [0.29, 0.717) is 26.2 Å². The normalized spacial score (nSPS) is 22.5. The molecule has 0 aromatic carbocycles. The Labute approximate surface area is 156 Å². The number of rotatable bonds is 10. The molecule has 2 rings (SSSR count). The summed E-state index contributed by atoms with van der Waals surface area (Å²) in [6.07, 6.45) is 10.7. The van der Waals surface area contributed by atoms with E-state index in [1.54, 1.807) is 9.80 Å². The first-order valence-electron chi connectivity index (χ1n) is 9.35. The van der Waals surface area contributed by atoms with Crippen molar-refractivity contribution in [3.05, 3.63) is 37.5 Å². The lowest BCUT2D eigenvalue weighted by molar-refractivity contribution is -0.127. The number of amides is 2. The van der Waals surface area contributed by atoms with Gasteiger partial charge in [-0.2, -0.15) is 0 Å². The van der Waals surface area contributed by atoms with Gasteiger partial charge < -0.3 is 19.3 Å². The maximum Gasteiger partial charge on any atom is 0.246 e. The van der Waals surface area contributed by atoms with Crippen LogP contribution in [0.1, 0.15) is 25.7 Å². The van der Waals surface area contributed by atoms with Gasteiger partial charge in [-0.05, 0) is 37.8 Å². The van der Waals surface area contributed by atoms with Crippen LogP contribution in [-0.4, -0.2) is 73.2 Å². The van der Waals surface area contributed by atoms with E-state index in [1.807, 2.05) is 12.2 Å². The van der Waals surface area contributed by atoms with Crippen molar-refractivity contribution in [2.24, 2.45) is 0 Å². The molecule has 6 nitrogen and oxygen atoms in total. The average molecular weight is 362 g/mol. The monoisotopic (exact) mass is 362 g/mol. The van der Waals surface area contributed by atoms with Crippen molar-refractivity contribution in [1.29, 1.82) is 0 Å². The largest absolute Gasteiger partial charge is 0.376 e. The van der Waals surface area contributed by atoms with Crippen LogP contribution in [0, 0.1) is 0 Å². The van der Waals surface area contributed by atoms with Gasteiger partial charge in [0.05, 0.1) is 12.2 Å². The second kappa shape index (κ2) is 10.9. The third kappa shape index (κ3) is 6.42. The Morgan fingerprint density at radius 1 is 0.846 bits per heavy atom. The van der Waals surface area contributed by atoms with Gasteiger partial charge >= 0.3 is 0 Å². The van der Waals surface area contributed by atoms with Gasteiger partial charge in [-0.15, -0.1) is 0 Å². The van der Waals surface area contributed by atoms with Crippen molar-refractivity contribution in [3.63, 3.8) is 0 Å². The van der Waals surface area contributed by atoms with E-state index in [0.717, 1.165) is 38.9 Å². The number of carbonyl (C=O) groups excluding carboxylic acids is 2. The van der Waals surface area contributed by atoms with Crippen LogP contribution in [0.4, 0.5) is 0 Å². The predicted molar refractivity (Wildman–Crippen MR) is 101 cm³/mol. The van der Waals surface area contributed by atoms with Crippen LogP contribution < -0.4 is 0 Å². The fourth-order valence-electron chi connectivity index (χ4n) is 3.24. The van der Waals surface area contributed by atoms with E-state index >= 15 is 0 Å². The smallest absolute Gasteiger partial charge is 0.246 e. The molecule has 0 radical (unpaired) electrons. The third-order valence-electron chi connectivity index (χ3n) is 4.69. The highest BCUT2D eigenvalue weighted by molar-refractivity contribution is 5.87. The minimum absolute atomic E-state index is 0.102. The molecule has 0 aromatic heterocycles. The van der Waals surface area contributed by atoms with E-state index in [-0.39, 0.29) is 24.0 Å². The summed E-state index contributed by atoms with van der Waals surface area (Å²) in [5.74, 6) is -0.216. The van der Waals surface area contributed by atoms with Gasteiger partial charge in [-0.1, -0.05) is 25.3 Å². The first kappa shape index (κ1) is 20.4. The van der Waals surface area contributed by atoms with Crippen molar-refractivity contribution in [1.82, 2.24) is 9.80 Å². The highest BCUT2D eigenvalue weighted by Crippen LogP contribution is 2.15. The van der Waals surface area contributed by atoms with Crippen molar-refractivity contribution in [2.75, 3.05) is 39.4 Å². The summed E-state index contributed by atoms with van der Waals surface area (Å²) in [6, 6.07) is 0. The number of hydrogen-bond donors (Lipinski definition) is 0. The van der Waals surface area contributed by atoms with Gasteiger partial charge in [0.1, 0.15) is 0 Å². The molecule has 6 heteroatoms. The van der Waals surface area contributed by atoms with Crippen LogP contribution in [0.25, 0.3) is 0 Å². The molecule has 2 fully saturated rings. The fraction of sp³-hybridized carbons (Fsp3) is 0.600. The number of carbonyl (C=O) groups is 2. The average Bonchev–Trinajstić information content (AvgIpc) is 3.35. The van der Waals surface area contributed by atoms with Crippen molar-refractivity contribution in [3.8, 4) is 0 Å². The van der Waals surface area contributed by atoms with Crippen molar-refractivity contribution in [2.45, 2.75) is 37.9 Å². The van der Waals surface area contributed by atoms with Crippen molar-refractivity contribution < 1.29 is 19.1 Å². The Kier molecular flexibility index (Phi) is 8.58. The molecule has 0 aromatic rings. The summed E-state index contributed by atoms with van der Waals surface area (Å²) in [4.78, 5) is 27.5. The summed E-state index contributed by atoms with van der Waals surface area (Å²) in [7, 11) is 0. The zero-order valence-corrected chi connectivity index (χ0v) is 15.5. The third-order valence-corrected chi connectivity index (χ3v) is 4.69. The lowest BCUT2D eigenvalue weighted by Crippen LogP contribution is -2.37. The summed E-state index contributed by atoms with van der Waals surface area (Å²) in [5.41, 5.74) is 0. The van der Waals surface area contributed by atoms with E-state index < -0.39 is 0 Å². The van der Waals surface area contributed by atoms with Crippen LogP contribution in [0.3, 0.4) is 0 Å². The molecule has 2 unspecified atom stereocenters. The maximum absolute atomic E-state index is 12.0. The molecule has 2 heterocycles. The van der Waals surface area contributed by atoms with Gasteiger partial charge in [0, 0.05) is 39.4 Å². The molecule has 0 aliphatic carbocycles. The van der Waals surface area contributed by atoms with Crippen LogP contribution in [-0.2, 0) is 19.1 Å². The number of hydrogen-bond acceptors (Lipinski definition) is 4. The molecule has 2 aliphatic rings. The second-order valence-electron chi connectivity index (χ2n) is 6.64. The number of nitrogens with zero attached hydrogens (tertiary/aromatic N) is 2. The fourth-order valence-corrected chi connectivity index (χ4v) is 3.24. The van der Waals surface area contributed by atoms with E-state index in [4.69, 9.17) is 9.47 Å². The SMILES string of the molecule is C=CC(=O)N(C/C=C/CN(CC1CCCO1)C(=O)C=C)CC1CCCO1. The molecule has 26 heavy (non-hydrogen) atoms. The maximum atomic E-state index is 12.0. The Morgan fingerprint density at radius 2 is 1.27 bits per heavy atom. The quantitative estimate of drug-likeness (QED) is 0.440. The highest BCUT2D eigenvalue weighted by atomic mass is 16.5. The van der Waals surface area contributed by atoms with E-state index in [1.165, 1.54) is 12.2 Å². The number of ether oxygens (including phenoxy) is 2. The summed E-state index contributed by atoms with van der Waals surface area (Å²) >= 11 is 0. The van der Waals surface area contributed by atoms with Crippen LogP contribution in [0.2, 0.25) is 0 Å². The standard InChI is InChI=1S/C20H30N2O4/c1-3-19(23)21(15-17-9-7-13-25-17)11-5-6-12-22(20(24)4-2)16-18-10-8-14-26-18/h3-6,17-18H,1-2,7-16H2/b6-5+. The molecule has 2 aliphatic heterocycles. The van der Waals surface area contributed by atoms with Crippen LogP contribution >= 0.6 is 0 Å². The summed E-state index contributed by atoms with van der Waals surface area (Å²) in [5, 5.41) is 0. The van der Waals surface area contributed by atoms with Crippen LogP contribution in [0.15, 0.2) is 37.5 Å². The molecule has 0 N–H and O–H groups in total. The summed E-state index contributed by atoms with van der Waals surface area (Å²) < 4.78 is 11.2. The molecular weight excluding hydrogens is 332 g/mol. The molecule has 2 saturated heterocycles. The van der Waals surface area contributed by atoms with Gasteiger partial charge in [-0.25, -0.2) is 0 Å². The highest BCUT2D eigenvalue weighted by Gasteiger charge is 2.22. The topological polar surface area (TPSA) is 59.1 Å². The molecule has 2 amide bonds. The van der Waals surface area contributed by atoms with Gasteiger partial charge in [0.15, 0.2) is 0 Å². The molecule has 2 atom stereocenters. The Balaban J connectivity index is 1.85. The Morgan fingerprint density at radius 3 is 1.58 bits per heavy atom. The molecular formula is C20H30N2O4. The molecule has 0 spiro atoms. The van der Waals surface area contributed by atoms with Gasteiger partial charge in [-0.3, -0.25) is 9.59 Å². The molecule has 144 valence electrons. The van der Waals surface area contributed by atoms with E-state index in [2.05, 4.69) is 13.2 Å². The van der Waals surface area contributed by atoms with Crippen LogP contribution in [0.5, 0.6) is 0 Å². The molecule has 0 saturated carbocycles.